The van der Waals surface area contributed by atoms with Crippen molar-refractivity contribution in [2.75, 3.05) is 5.32 Å². The smallest absolute Gasteiger partial charge is 0.231 e. The lowest BCUT2D eigenvalue weighted by Gasteiger charge is -2.34. The van der Waals surface area contributed by atoms with Gasteiger partial charge in [0.1, 0.15) is 5.76 Å². The third-order valence-electron chi connectivity index (χ3n) is 5.25. The lowest BCUT2D eigenvalue weighted by molar-refractivity contribution is -0.138. The van der Waals surface area contributed by atoms with Gasteiger partial charge in [-0.05, 0) is 36.6 Å². The molecular weight excluding hydrogens is 316 g/mol. The molecule has 0 saturated heterocycles. The van der Waals surface area contributed by atoms with Crippen LogP contribution < -0.4 is 5.32 Å². The van der Waals surface area contributed by atoms with Gasteiger partial charge in [-0.25, -0.2) is 0 Å². The van der Waals surface area contributed by atoms with E-state index in [1.807, 2.05) is 41.3 Å². The summed E-state index contributed by atoms with van der Waals surface area (Å²) in [6.07, 6.45) is 6.18. The van der Waals surface area contributed by atoms with Crippen molar-refractivity contribution < 1.29 is 14.0 Å². The molecule has 2 aromatic rings. The third kappa shape index (κ3) is 3.18. The van der Waals surface area contributed by atoms with Crippen molar-refractivity contribution in [3.8, 4) is 0 Å². The number of rotatable bonds is 4. The molecule has 2 amide bonds. The summed E-state index contributed by atoms with van der Waals surface area (Å²) in [5.74, 6) is 0.307. The summed E-state index contributed by atoms with van der Waals surface area (Å²) < 4.78 is 5.48. The summed E-state index contributed by atoms with van der Waals surface area (Å²) in [5, 5.41) is 2.87. The fraction of sp³-hybridized carbons (Fsp3) is 0.400. The molecule has 1 aliphatic carbocycles. The van der Waals surface area contributed by atoms with Crippen LogP contribution in [-0.2, 0) is 16.1 Å². The van der Waals surface area contributed by atoms with Crippen molar-refractivity contribution >= 4 is 17.5 Å². The molecule has 0 radical (unpaired) electrons. The van der Waals surface area contributed by atoms with Gasteiger partial charge in [-0.1, -0.05) is 31.0 Å². The highest BCUT2D eigenvalue weighted by Crippen LogP contribution is 2.36. The maximum absolute atomic E-state index is 13.4. The third-order valence-corrected chi connectivity index (χ3v) is 5.25. The molecule has 130 valence electrons. The molecule has 5 nitrogen and oxygen atoms in total. The Hall–Kier alpha value is -2.56. The molecule has 5 heteroatoms. The summed E-state index contributed by atoms with van der Waals surface area (Å²) in [7, 11) is 0. The van der Waals surface area contributed by atoms with Gasteiger partial charge in [0, 0.05) is 18.2 Å². The predicted molar refractivity (Wildman–Crippen MR) is 93.9 cm³/mol. The molecule has 0 unspecified atom stereocenters. The number of furan rings is 1. The van der Waals surface area contributed by atoms with Crippen LogP contribution in [0.4, 0.5) is 5.69 Å². The van der Waals surface area contributed by atoms with E-state index in [0.717, 1.165) is 42.7 Å². The summed E-state index contributed by atoms with van der Waals surface area (Å²) in [5.41, 5.74) is 1.66. The van der Waals surface area contributed by atoms with Gasteiger partial charge in [0.25, 0.3) is 0 Å². The first-order valence-corrected chi connectivity index (χ1v) is 8.94. The first-order chi connectivity index (χ1) is 12.2. The number of benzene rings is 1. The summed E-state index contributed by atoms with van der Waals surface area (Å²) >= 11 is 0. The Balaban J connectivity index is 1.64. The van der Waals surface area contributed by atoms with E-state index >= 15 is 0 Å². The number of fused-ring (bicyclic) bond motifs is 1. The van der Waals surface area contributed by atoms with E-state index in [4.69, 9.17) is 4.42 Å². The lowest BCUT2D eigenvalue weighted by atomic mass is 9.88. The zero-order valence-electron chi connectivity index (χ0n) is 14.1. The summed E-state index contributed by atoms with van der Waals surface area (Å²) in [6, 6.07) is 11.6. The Bertz CT molecular complexity index is 763. The molecule has 2 heterocycles. The minimum Gasteiger partial charge on any atom is -0.467 e. The van der Waals surface area contributed by atoms with Crippen LogP contribution in [0.5, 0.6) is 0 Å². The zero-order valence-corrected chi connectivity index (χ0v) is 14.1. The number of anilines is 1. The van der Waals surface area contributed by atoms with Gasteiger partial charge in [-0.3, -0.25) is 9.59 Å². The van der Waals surface area contributed by atoms with Crippen LogP contribution in [0.25, 0.3) is 0 Å². The van der Waals surface area contributed by atoms with Crippen molar-refractivity contribution in [2.24, 2.45) is 0 Å². The van der Waals surface area contributed by atoms with Crippen LogP contribution in [0.2, 0.25) is 0 Å². The molecule has 1 saturated carbocycles. The van der Waals surface area contributed by atoms with Crippen LogP contribution in [0.3, 0.4) is 0 Å². The predicted octanol–water partition coefficient (Wildman–Crippen LogP) is 3.68. The Morgan fingerprint density at radius 1 is 1.16 bits per heavy atom. The van der Waals surface area contributed by atoms with Crippen molar-refractivity contribution in [3.05, 3.63) is 54.0 Å². The zero-order chi connectivity index (χ0) is 17.2. The van der Waals surface area contributed by atoms with E-state index in [0.29, 0.717) is 6.54 Å². The van der Waals surface area contributed by atoms with Gasteiger partial charge in [0.2, 0.25) is 11.8 Å². The van der Waals surface area contributed by atoms with Crippen LogP contribution >= 0.6 is 0 Å². The molecule has 0 spiro atoms. The van der Waals surface area contributed by atoms with Crippen LogP contribution in [-0.4, -0.2) is 22.8 Å². The van der Waals surface area contributed by atoms with Gasteiger partial charge >= 0.3 is 0 Å². The highest BCUT2D eigenvalue weighted by Gasteiger charge is 2.36. The van der Waals surface area contributed by atoms with Gasteiger partial charge in [0.15, 0.2) is 0 Å². The lowest BCUT2D eigenvalue weighted by Crippen LogP contribution is -2.43. The number of carbonyl (C=O) groups excluding carboxylic acids is 2. The van der Waals surface area contributed by atoms with Crippen molar-refractivity contribution in [3.63, 3.8) is 0 Å². The Labute approximate surface area is 147 Å². The number of hydrogen-bond acceptors (Lipinski definition) is 3. The topological polar surface area (TPSA) is 62.6 Å². The number of carbonyl (C=O) groups is 2. The second kappa shape index (κ2) is 6.75. The highest BCUT2D eigenvalue weighted by atomic mass is 16.3. The average molecular weight is 338 g/mol. The quantitative estimate of drug-likeness (QED) is 0.925. The van der Waals surface area contributed by atoms with E-state index in [1.165, 1.54) is 0 Å². The molecule has 2 aliphatic rings. The molecule has 1 aliphatic heterocycles. The van der Waals surface area contributed by atoms with Gasteiger partial charge in [-0.2, -0.15) is 0 Å². The number of para-hydroxylation sites is 1. The average Bonchev–Trinajstić information content (AvgIpc) is 3.32. The first kappa shape index (κ1) is 15.9. The molecule has 1 aromatic carbocycles. The molecule has 1 atom stereocenters. The fourth-order valence-corrected chi connectivity index (χ4v) is 4.01. The van der Waals surface area contributed by atoms with Gasteiger partial charge in [0.05, 0.1) is 18.7 Å². The molecule has 0 bridgehead atoms. The van der Waals surface area contributed by atoms with Crippen LogP contribution in [0.1, 0.15) is 49.3 Å². The van der Waals surface area contributed by atoms with Crippen molar-refractivity contribution in [2.45, 2.75) is 50.6 Å². The van der Waals surface area contributed by atoms with E-state index in [1.54, 1.807) is 6.26 Å². The normalized spacial score (nSPS) is 20.2. The number of hydrogen-bond donors (Lipinski definition) is 1. The summed E-state index contributed by atoms with van der Waals surface area (Å²) in [4.78, 5) is 27.5. The Kier molecular flexibility index (Phi) is 4.30. The highest BCUT2D eigenvalue weighted by molar-refractivity contribution is 6.01. The number of amides is 2. The molecule has 1 aromatic heterocycles. The standard InChI is InChI=1S/C20H22N2O3/c23-19-12-17(16-9-3-4-10-18(16)21-19)20(24)22(14-6-1-2-7-14)13-15-8-5-11-25-15/h3-5,8-11,14,17H,1-2,6-7,12-13H2,(H,21,23)/t17-/m0/s1. The first-order valence-electron chi connectivity index (χ1n) is 8.94. The maximum atomic E-state index is 13.4. The second-order valence-electron chi connectivity index (χ2n) is 6.88. The number of nitrogens with zero attached hydrogens (tertiary/aromatic N) is 1. The monoisotopic (exact) mass is 338 g/mol. The summed E-state index contributed by atoms with van der Waals surface area (Å²) in [6.45, 7) is 0.469. The minimum atomic E-state index is -0.416. The molecule has 25 heavy (non-hydrogen) atoms. The molecular formula is C20H22N2O3. The minimum absolute atomic E-state index is 0.0330. The van der Waals surface area contributed by atoms with E-state index in [-0.39, 0.29) is 24.3 Å². The van der Waals surface area contributed by atoms with E-state index < -0.39 is 5.92 Å². The van der Waals surface area contributed by atoms with Crippen LogP contribution in [0, 0.1) is 0 Å². The largest absolute Gasteiger partial charge is 0.467 e. The van der Waals surface area contributed by atoms with Gasteiger partial charge < -0.3 is 14.6 Å². The van der Waals surface area contributed by atoms with Crippen molar-refractivity contribution in [1.82, 2.24) is 4.90 Å². The van der Waals surface area contributed by atoms with E-state index in [2.05, 4.69) is 5.32 Å². The van der Waals surface area contributed by atoms with Crippen molar-refractivity contribution in [1.29, 1.82) is 0 Å². The van der Waals surface area contributed by atoms with Gasteiger partial charge in [-0.15, -0.1) is 0 Å². The fourth-order valence-electron chi connectivity index (χ4n) is 4.01. The molecule has 1 fully saturated rings. The SMILES string of the molecule is O=C1C[C@H](C(=O)N(Cc2ccco2)C2CCCC2)c2ccccc2N1. The maximum Gasteiger partial charge on any atom is 0.231 e. The Morgan fingerprint density at radius 2 is 1.96 bits per heavy atom. The second-order valence-corrected chi connectivity index (χ2v) is 6.88. The van der Waals surface area contributed by atoms with E-state index in [9.17, 15) is 9.59 Å². The Morgan fingerprint density at radius 3 is 2.72 bits per heavy atom. The van der Waals surface area contributed by atoms with Crippen LogP contribution in [0.15, 0.2) is 47.1 Å². The number of nitrogens with one attached hydrogen (secondary N) is 1. The molecule has 4 rings (SSSR count). The molecule has 1 N–H and O–H groups in total.